The van der Waals surface area contributed by atoms with E-state index in [2.05, 4.69) is 17.2 Å². The van der Waals surface area contributed by atoms with Crippen molar-refractivity contribution in [3.8, 4) is 0 Å². The summed E-state index contributed by atoms with van der Waals surface area (Å²) in [5.74, 6) is 0.104. The van der Waals surface area contributed by atoms with Crippen molar-refractivity contribution in [1.82, 2.24) is 5.32 Å². The van der Waals surface area contributed by atoms with Crippen LogP contribution in [0.4, 0.5) is 13.2 Å². The second kappa shape index (κ2) is 12.8. The molecule has 0 spiro atoms. The molecule has 3 N–H and O–H groups in total. The molecule has 0 amide bonds. The van der Waals surface area contributed by atoms with Gasteiger partial charge in [0.25, 0.3) is 0 Å². The van der Waals surface area contributed by atoms with Crippen molar-refractivity contribution in [2.75, 3.05) is 13.1 Å². The lowest BCUT2D eigenvalue weighted by Crippen LogP contribution is -2.34. The maximum absolute atomic E-state index is 11.8. The first-order chi connectivity index (χ1) is 8.45. The highest BCUT2D eigenvalue weighted by Crippen LogP contribution is 2.17. The van der Waals surface area contributed by atoms with Crippen molar-refractivity contribution >= 4 is 29.9 Å². The third-order valence-corrected chi connectivity index (χ3v) is 2.51. The van der Waals surface area contributed by atoms with Crippen LogP contribution in [0.3, 0.4) is 0 Å². The van der Waals surface area contributed by atoms with Crippen LogP contribution in [0.1, 0.15) is 51.9 Å². The molecule has 0 unspecified atom stereocenters. The van der Waals surface area contributed by atoms with Gasteiger partial charge in [0.2, 0.25) is 0 Å². The summed E-state index contributed by atoms with van der Waals surface area (Å²) in [5, 5.41) is 2.46. The molecule has 3 nitrogen and oxygen atoms in total. The number of guanidine groups is 1. The number of nitrogens with one attached hydrogen (secondary N) is 1. The Bertz CT molecular complexity index is 233. The van der Waals surface area contributed by atoms with Crippen LogP contribution in [-0.2, 0) is 0 Å². The van der Waals surface area contributed by atoms with E-state index in [1.165, 1.54) is 25.7 Å². The number of halogens is 4. The molecule has 0 aliphatic rings. The summed E-state index contributed by atoms with van der Waals surface area (Å²) in [6.07, 6.45) is 1.89. The molecule has 0 fully saturated rings. The zero-order chi connectivity index (χ0) is 13.9. The molecule has 0 radical (unpaired) electrons. The van der Waals surface area contributed by atoms with Gasteiger partial charge in [-0.15, -0.1) is 24.0 Å². The number of rotatable bonds is 9. The van der Waals surface area contributed by atoms with Crippen LogP contribution in [0.5, 0.6) is 0 Å². The minimum atomic E-state index is -4.15. The van der Waals surface area contributed by atoms with Crippen molar-refractivity contribution in [2.24, 2.45) is 10.7 Å². The molecule has 0 saturated carbocycles. The second-order valence-corrected chi connectivity index (χ2v) is 4.33. The number of nitrogens with two attached hydrogens (primary N) is 1. The average Bonchev–Trinajstić information content (AvgIpc) is 2.26. The van der Waals surface area contributed by atoms with E-state index in [4.69, 9.17) is 5.73 Å². The van der Waals surface area contributed by atoms with E-state index in [-0.39, 0.29) is 36.5 Å². The standard InChI is InChI=1S/C12H24F3N3.HI/c1-2-3-4-5-6-7-9-17-11(16)18-10-8-12(13,14)15;/h2-10H2,1H3,(H3,16,17,18);1H. The number of hydrogen-bond donors (Lipinski definition) is 2. The molecule has 0 aliphatic heterocycles. The third-order valence-electron chi connectivity index (χ3n) is 2.51. The van der Waals surface area contributed by atoms with E-state index >= 15 is 0 Å². The SMILES string of the molecule is CCCCCCCCN=C(N)NCCC(F)(F)F.I. The fourth-order valence-electron chi connectivity index (χ4n) is 1.48. The van der Waals surface area contributed by atoms with Gasteiger partial charge in [0.05, 0.1) is 6.42 Å². The van der Waals surface area contributed by atoms with Crippen LogP contribution in [0.15, 0.2) is 4.99 Å². The van der Waals surface area contributed by atoms with Gasteiger partial charge in [-0.1, -0.05) is 39.0 Å². The molecule has 116 valence electrons. The van der Waals surface area contributed by atoms with E-state index in [0.29, 0.717) is 6.54 Å². The minimum Gasteiger partial charge on any atom is -0.370 e. The first kappa shape index (κ1) is 21.1. The van der Waals surface area contributed by atoms with Gasteiger partial charge in [0, 0.05) is 13.1 Å². The summed E-state index contributed by atoms with van der Waals surface area (Å²) in [6, 6.07) is 0. The molecule has 7 heteroatoms. The molecule has 0 bridgehead atoms. The van der Waals surface area contributed by atoms with E-state index in [0.717, 1.165) is 12.8 Å². The molecule has 19 heavy (non-hydrogen) atoms. The first-order valence-corrected chi connectivity index (χ1v) is 6.56. The van der Waals surface area contributed by atoms with E-state index < -0.39 is 12.6 Å². The molecule has 0 aromatic heterocycles. The first-order valence-electron chi connectivity index (χ1n) is 6.56. The Morgan fingerprint density at radius 2 is 1.68 bits per heavy atom. The zero-order valence-corrected chi connectivity index (χ0v) is 13.8. The lowest BCUT2D eigenvalue weighted by molar-refractivity contribution is -0.132. The number of aliphatic imine (C=N–C) groups is 1. The summed E-state index contributed by atoms with van der Waals surface area (Å²) in [6.45, 7) is 2.53. The average molecular weight is 395 g/mol. The van der Waals surface area contributed by atoms with Gasteiger partial charge < -0.3 is 11.1 Å². The fraction of sp³-hybridized carbons (Fsp3) is 0.917. The molecule has 0 aromatic carbocycles. The van der Waals surface area contributed by atoms with Crippen LogP contribution >= 0.6 is 24.0 Å². The maximum Gasteiger partial charge on any atom is 0.390 e. The van der Waals surface area contributed by atoms with Gasteiger partial charge in [-0.3, -0.25) is 4.99 Å². The molecule has 0 saturated heterocycles. The predicted octanol–water partition coefficient (Wildman–Crippen LogP) is 3.82. The van der Waals surface area contributed by atoms with Crippen molar-refractivity contribution in [3.63, 3.8) is 0 Å². The van der Waals surface area contributed by atoms with Crippen molar-refractivity contribution in [2.45, 2.75) is 58.0 Å². The fourth-order valence-corrected chi connectivity index (χ4v) is 1.48. The Morgan fingerprint density at radius 3 is 2.26 bits per heavy atom. The molecular weight excluding hydrogens is 370 g/mol. The predicted molar refractivity (Wildman–Crippen MR) is 84.0 cm³/mol. The highest BCUT2D eigenvalue weighted by molar-refractivity contribution is 14.0. The largest absolute Gasteiger partial charge is 0.390 e. The van der Waals surface area contributed by atoms with E-state index in [1.807, 2.05) is 0 Å². The van der Waals surface area contributed by atoms with Crippen LogP contribution in [0, 0.1) is 0 Å². The second-order valence-electron chi connectivity index (χ2n) is 4.33. The molecular formula is C12H25F3IN3. The van der Waals surface area contributed by atoms with Gasteiger partial charge in [0.15, 0.2) is 5.96 Å². The minimum absolute atomic E-state index is 0. The summed E-state index contributed by atoms with van der Waals surface area (Å²) >= 11 is 0. The van der Waals surface area contributed by atoms with Gasteiger partial charge in [0.1, 0.15) is 0 Å². The van der Waals surface area contributed by atoms with Gasteiger partial charge >= 0.3 is 6.18 Å². The normalized spacial score (nSPS) is 12.1. The molecule has 0 aliphatic carbocycles. The summed E-state index contributed by atoms with van der Waals surface area (Å²) < 4.78 is 35.5. The van der Waals surface area contributed by atoms with Gasteiger partial charge in [-0.05, 0) is 6.42 Å². The van der Waals surface area contributed by atoms with Crippen LogP contribution in [0.2, 0.25) is 0 Å². The Labute approximate surface area is 130 Å². The monoisotopic (exact) mass is 395 g/mol. The maximum atomic E-state index is 11.8. The van der Waals surface area contributed by atoms with Crippen molar-refractivity contribution in [3.05, 3.63) is 0 Å². The number of nitrogens with zero attached hydrogens (tertiary/aromatic N) is 1. The lowest BCUT2D eigenvalue weighted by atomic mass is 10.1. The highest BCUT2D eigenvalue weighted by atomic mass is 127. The number of hydrogen-bond acceptors (Lipinski definition) is 1. The summed E-state index contributed by atoms with van der Waals surface area (Å²) in [7, 11) is 0. The molecule has 0 rings (SSSR count). The van der Waals surface area contributed by atoms with Crippen LogP contribution in [-0.4, -0.2) is 25.2 Å². The van der Waals surface area contributed by atoms with Crippen molar-refractivity contribution < 1.29 is 13.2 Å². The Balaban J connectivity index is 0. The lowest BCUT2D eigenvalue weighted by Gasteiger charge is -2.08. The Hall–Kier alpha value is -0.210. The number of unbranched alkanes of at least 4 members (excludes halogenated alkanes) is 5. The van der Waals surface area contributed by atoms with Crippen LogP contribution < -0.4 is 11.1 Å². The smallest absolute Gasteiger partial charge is 0.370 e. The highest BCUT2D eigenvalue weighted by Gasteiger charge is 2.26. The van der Waals surface area contributed by atoms with Gasteiger partial charge in [-0.2, -0.15) is 13.2 Å². The van der Waals surface area contributed by atoms with E-state index in [1.54, 1.807) is 0 Å². The van der Waals surface area contributed by atoms with Gasteiger partial charge in [-0.25, -0.2) is 0 Å². The third kappa shape index (κ3) is 17.8. The summed E-state index contributed by atoms with van der Waals surface area (Å²) in [4.78, 5) is 3.98. The molecule has 0 aromatic rings. The quantitative estimate of drug-likeness (QED) is 0.270. The molecule has 0 atom stereocenters. The summed E-state index contributed by atoms with van der Waals surface area (Å²) in [5.41, 5.74) is 5.44. The van der Waals surface area contributed by atoms with E-state index in [9.17, 15) is 13.2 Å². The topological polar surface area (TPSA) is 50.4 Å². The Morgan fingerprint density at radius 1 is 1.11 bits per heavy atom. The Kier molecular flexibility index (Phi) is 14.2. The number of alkyl halides is 3. The zero-order valence-electron chi connectivity index (χ0n) is 11.4. The molecule has 0 heterocycles. The van der Waals surface area contributed by atoms with Crippen molar-refractivity contribution in [1.29, 1.82) is 0 Å². The van der Waals surface area contributed by atoms with Crippen LogP contribution in [0.25, 0.3) is 0 Å².